The van der Waals surface area contributed by atoms with Crippen molar-refractivity contribution in [2.24, 2.45) is 0 Å². The number of nitrogens with two attached hydrogens (primary N) is 1. The molecule has 0 atom stereocenters. The van der Waals surface area contributed by atoms with Crippen LogP contribution >= 0.6 is 0 Å². The van der Waals surface area contributed by atoms with Gasteiger partial charge in [0, 0.05) is 11.8 Å². The van der Waals surface area contributed by atoms with Crippen LogP contribution in [0, 0.1) is 17.1 Å². The van der Waals surface area contributed by atoms with Gasteiger partial charge in [-0.25, -0.2) is 4.39 Å². The molecule has 2 aromatic rings. The molecule has 2 rings (SSSR count). The van der Waals surface area contributed by atoms with Gasteiger partial charge in [0.25, 0.3) is 0 Å². The molecule has 0 radical (unpaired) electrons. The third-order valence-corrected chi connectivity index (χ3v) is 2.67. The highest BCUT2D eigenvalue weighted by Gasteiger charge is 2.06. The summed E-state index contributed by atoms with van der Waals surface area (Å²) in [5, 5.41) is 8.79. The fourth-order valence-electron chi connectivity index (χ4n) is 1.76. The molecule has 20 heavy (non-hydrogen) atoms. The van der Waals surface area contributed by atoms with Crippen molar-refractivity contribution < 1.29 is 13.9 Å². The molecule has 2 N–H and O–H groups in total. The van der Waals surface area contributed by atoms with Crippen LogP contribution in [0.15, 0.2) is 36.4 Å². The number of nitriles is 1. The van der Waals surface area contributed by atoms with Gasteiger partial charge in [0.05, 0.1) is 18.7 Å². The Hall–Kier alpha value is -2.74. The molecule has 4 nitrogen and oxygen atoms in total. The summed E-state index contributed by atoms with van der Waals surface area (Å²) in [5.74, 6) is 0.540. The molecule has 2 aromatic carbocycles. The molecule has 0 unspecified atom stereocenters. The predicted molar refractivity (Wildman–Crippen MR) is 72.9 cm³/mol. The van der Waals surface area contributed by atoms with E-state index in [-0.39, 0.29) is 12.2 Å². The maximum absolute atomic E-state index is 13.3. The van der Waals surface area contributed by atoms with E-state index in [1.54, 1.807) is 24.3 Å². The summed E-state index contributed by atoms with van der Waals surface area (Å²) in [6, 6.07) is 11.0. The van der Waals surface area contributed by atoms with E-state index in [0.717, 1.165) is 0 Å². The minimum Gasteiger partial charge on any atom is -0.493 e. The Morgan fingerprint density at radius 2 is 2.00 bits per heavy atom. The Kier molecular flexibility index (Phi) is 4.06. The van der Waals surface area contributed by atoms with E-state index in [0.29, 0.717) is 22.7 Å². The Labute approximate surface area is 116 Å². The number of hydrogen-bond acceptors (Lipinski definition) is 4. The first-order valence-corrected chi connectivity index (χ1v) is 5.88. The number of methoxy groups -OCH3 is 1. The first-order valence-electron chi connectivity index (χ1n) is 5.88. The van der Waals surface area contributed by atoms with Crippen molar-refractivity contribution in [3.05, 3.63) is 53.3 Å². The summed E-state index contributed by atoms with van der Waals surface area (Å²) in [7, 11) is 1.51. The highest BCUT2D eigenvalue weighted by atomic mass is 19.1. The van der Waals surface area contributed by atoms with Gasteiger partial charge in [-0.2, -0.15) is 5.26 Å². The lowest BCUT2D eigenvalue weighted by Gasteiger charge is -2.11. The fourth-order valence-corrected chi connectivity index (χ4v) is 1.76. The van der Waals surface area contributed by atoms with E-state index in [2.05, 4.69) is 0 Å². The van der Waals surface area contributed by atoms with E-state index in [1.807, 2.05) is 6.07 Å². The number of nitrogen functional groups attached to an aromatic ring is 1. The molecule has 0 aliphatic heterocycles. The van der Waals surface area contributed by atoms with E-state index in [9.17, 15) is 4.39 Å². The molecule has 0 fully saturated rings. The van der Waals surface area contributed by atoms with Crippen LogP contribution in [0.25, 0.3) is 0 Å². The maximum Gasteiger partial charge on any atom is 0.162 e. The van der Waals surface area contributed by atoms with Crippen molar-refractivity contribution in [3.63, 3.8) is 0 Å². The minimum absolute atomic E-state index is 0.132. The van der Waals surface area contributed by atoms with Crippen LogP contribution < -0.4 is 15.2 Å². The summed E-state index contributed by atoms with van der Waals surface area (Å²) in [4.78, 5) is 0. The van der Waals surface area contributed by atoms with E-state index in [1.165, 1.54) is 19.2 Å². The first kappa shape index (κ1) is 13.7. The second kappa shape index (κ2) is 5.93. The molecular formula is C15H13FN2O2. The van der Waals surface area contributed by atoms with Crippen LogP contribution in [0.3, 0.4) is 0 Å². The smallest absolute Gasteiger partial charge is 0.162 e. The lowest BCUT2D eigenvalue weighted by atomic mass is 10.1. The van der Waals surface area contributed by atoms with Crippen LogP contribution in [-0.4, -0.2) is 7.11 Å². The van der Waals surface area contributed by atoms with Gasteiger partial charge < -0.3 is 15.2 Å². The number of rotatable bonds is 4. The summed E-state index contributed by atoms with van der Waals surface area (Å²) in [5.41, 5.74) is 7.04. The van der Waals surface area contributed by atoms with Gasteiger partial charge in [-0.3, -0.25) is 0 Å². The van der Waals surface area contributed by atoms with E-state index < -0.39 is 5.82 Å². The van der Waals surface area contributed by atoms with Crippen molar-refractivity contribution in [1.29, 1.82) is 5.26 Å². The Morgan fingerprint density at radius 1 is 1.20 bits per heavy atom. The highest BCUT2D eigenvalue weighted by Crippen LogP contribution is 2.29. The Morgan fingerprint density at radius 3 is 2.70 bits per heavy atom. The second-order valence-electron chi connectivity index (χ2n) is 4.16. The monoisotopic (exact) mass is 272 g/mol. The lowest BCUT2D eigenvalue weighted by Crippen LogP contribution is -1.99. The summed E-state index contributed by atoms with van der Waals surface area (Å²) >= 11 is 0. The van der Waals surface area contributed by atoms with Gasteiger partial charge in [0.1, 0.15) is 12.4 Å². The van der Waals surface area contributed by atoms with Gasteiger partial charge in [-0.1, -0.05) is 0 Å². The number of benzene rings is 2. The molecule has 0 heterocycles. The molecule has 0 amide bonds. The normalized spacial score (nSPS) is 9.85. The highest BCUT2D eigenvalue weighted by molar-refractivity contribution is 5.52. The van der Waals surface area contributed by atoms with Crippen LogP contribution in [0.5, 0.6) is 11.5 Å². The maximum atomic E-state index is 13.3. The number of nitrogens with zero attached hydrogens (tertiary/aromatic N) is 1. The second-order valence-corrected chi connectivity index (χ2v) is 4.16. The molecule has 102 valence electrons. The molecule has 0 aliphatic rings. The number of halogens is 1. The largest absolute Gasteiger partial charge is 0.493 e. The third kappa shape index (κ3) is 3.18. The molecule has 0 saturated heterocycles. The van der Waals surface area contributed by atoms with Gasteiger partial charge in [-0.05, 0) is 35.9 Å². The first-order chi connectivity index (χ1) is 9.62. The molecule has 0 aliphatic carbocycles. The lowest BCUT2D eigenvalue weighted by molar-refractivity contribution is 0.284. The Balaban J connectivity index is 2.17. The summed E-state index contributed by atoms with van der Waals surface area (Å²) < 4.78 is 24.0. The molecule has 0 aromatic heterocycles. The van der Waals surface area contributed by atoms with E-state index in [4.69, 9.17) is 20.5 Å². The SMILES string of the molecule is COc1cc(N)ccc1OCc1cc(F)cc(C#N)c1. The number of anilines is 1. The third-order valence-electron chi connectivity index (χ3n) is 2.67. The van der Waals surface area contributed by atoms with Crippen LogP contribution in [-0.2, 0) is 6.61 Å². The van der Waals surface area contributed by atoms with Crippen LogP contribution in [0.2, 0.25) is 0 Å². The minimum atomic E-state index is -0.466. The molecule has 0 bridgehead atoms. The predicted octanol–water partition coefficient (Wildman–Crippen LogP) is 2.87. The number of hydrogen-bond donors (Lipinski definition) is 1. The van der Waals surface area contributed by atoms with Gasteiger partial charge in [-0.15, -0.1) is 0 Å². The van der Waals surface area contributed by atoms with Crippen LogP contribution in [0.1, 0.15) is 11.1 Å². The summed E-state index contributed by atoms with van der Waals surface area (Å²) in [6.07, 6.45) is 0. The van der Waals surface area contributed by atoms with Gasteiger partial charge in [0.15, 0.2) is 11.5 Å². The summed E-state index contributed by atoms with van der Waals surface area (Å²) in [6.45, 7) is 0.132. The molecule has 0 saturated carbocycles. The standard InChI is InChI=1S/C15H13FN2O2/c1-19-15-7-13(18)2-3-14(15)20-9-11-4-10(8-17)5-12(16)6-11/h2-7H,9,18H2,1H3. The average Bonchev–Trinajstić information content (AvgIpc) is 2.45. The van der Waals surface area contributed by atoms with Crippen molar-refractivity contribution in [3.8, 4) is 17.6 Å². The zero-order valence-corrected chi connectivity index (χ0v) is 10.9. The van der Waals surface area contributed by atoms with E-state index >= 15 is 0 Å². The molecule has 5 heteroatoms. The average molecular weight is 272 g/mol. The van der Waals surface area contributed by atoms with Crippen LogP contribution in [0.4, 0.5) is 10.1 Å². The topological polar surface area (TPSA) is 68.3 Å². The number of ether oxygens (including phenoxy) is 2. The van der Waals surface area contributed by atoms with Crippen molar-refractivity contribution >= 4 is 5.69 Å². The van der Waals surface area contributed by atoms with Crippen molar-refractivity contribution in [2.75, 3.05) is 12.8 Å². The zero-order valence-electron chi connectivity index (χ0n) is 10.9. The fraction of sp³-hybridized carbons (Fsp3) is 0.133. The zero-order chi connectivity index (χ0) is 14.5. The molecule has 0 spiro atoms. The Bertz CT molecular complexity index is 665. The molecular weight excluding hydrogens is 259 g/mol. The quantitative estimate of drug-likeness (QED) is 0.869. The van der Waals surface area contributed by atoms with Gasteiger partial charge >= 0.3 is 0 Å². The van der Waals surface area contributed by atoms with Crippen molar-refractivity contribution in [1.82, 2.24) is 0 Å². The van der Waals surface area contributed by atoms with Crippen molar-refractivity contribution in [2.45, 2.75) is 6.61 Å². The van der Waals surface area contributed by atoms with Gasteiger partial charge in [0.2, 0.25) is 0 Å².